The highest BCUT2D eigenvalue weighted by Crippen LogP contribution is 2.25. The lowest BCUT2D eigenvalue weighted by Crippen LogP contribution is -2.01. The summed E-state index contributed by atoms with van der Waals surface area (Å²) in [6.45, 7) is 4.91. The van der Waals surface area contributed by atoms with Crippen LogP contribution in [-0.4, -0.2) is 19.7 Å². The molecule has 0 fully saturated rings. The quantitative estimate of drug-likeness (QED) is 0.655. The van der Waals surface area contributed by atoms with Gasteiger partial charge in [0.05, 0.1) is 28.1 Å². The zero-order valence-electron chi connectivity index (χ0n) is 11.6. The highest BCUT2D eigenvalue weighted by Gasteiger charge is 2.08. The fraction of sp³-hybridized carbons (Fsp3) is 0.214. The Morgan fingerprint density at radius 2 is 2.14 bits per heavy atom. The second kappa shape index (κ2) is 5.76. The number of nitrogens with one attached hydrogen (secondary N) is 1. The number of hydrogen-bond acceptors (Lipinski definition) is 4. The number of halogens is 2. The van der Waals surface area contributed by atoms with Crippen LogP contribution in [0.15, 0.2) is 24.5 Å². The zero-order valence-corrected chi connectivity index (χ0v) is 14.5. The van der Waals surface area contributed by atoms with Crippen molar-refractivity contribution in [2.45, 2.75) is 20.4 Å². The molecule has 21 heavy (non-hydrogen) atoms. The van der Waals surface area contributed by atoms with Crippen LogP contribution >= 0.6 is 34.2 Å². The minimum Gasteiger partial charge on any atom is -0.321 e. The molecule has 0 aliphatic carbocycles. The Morgan fingerprint density at radius 1 is 1.33 bits per heavy atom. The van der Waals surface area contributed by atoms with E-state index in [1.807, 2.05) is 23.7 Å². The molecule has 0 aliphatic heterocycles. The van der Waals surface area contributed by atoms with E-state index in [2.05, 4.69) is 49.9 Å². The molecular weight excluding hydrogens is 401 g/mol. The van der Waals surface area contributed by atoms with Crippen molar-refractivity contribution >= 4 is 56.7 Å². The SMILES string of the molecule is CCn1ncc(Nc2ncc3cc(Cl)c(I)cc3n2)c1C. The van der Waals surface area contributed by atoms with E-state index in [4.69, 9.17) is 11.6 Å². The van der Waals surface area contributed by atoms with E-state index in [9.17, 15) is 0 Å². The third kappa shape index (κ3) is 2.82. The Bertz CT molecular complexity index is 814. The molecular formula is C14H13ClIN5. The summed E-state index contributed by atoms with van der Waals surface area (Å²) in [5.74, 6) is 0.555. The summed E-state index contributed by atoms with van der Waals surface area (Å²) in [7, 11) is 0. The van der Waals surface area contributed by atoms with Gasteiger partial charge >= 0.3 is 0 Å². The van der Waals surface area contributed by atoms with E-state index in [1.165, 1.54) is 0 Å². The maximum absolute atomic E-state index is 6.11. The second-order valence-electron chi connectivity index (χ2n) is 4.60. The summed E-state index contributed by atoms with van der Waals surface area (Å²) in [5.41, 5.74) is 2.84. The van der Waals surface area contributed by atoms with Crippen molar-refractivity contribution in [1.29, 1.82) is 0 Å². The van der Waals surface area contributed by atoms with Crippen LogP contribution in [0, 0.1) is 10.5 Å². The number of aromatic nitrogens is 4. The van der Waals surface area contributed by atoms with Crippen molar-refractivity contribution in [3.63, 3.8) is 0 Å². The van der Waals surface area contributed by atoms with Gasteiger partial charge in [0.25, 0.3) is 0 Å². The molecule has 2 heterocycles. The molecule has 2 aromatic heterocycles. The van der Waals surface area contributed by atoms with Crippen molar-refractivity contribution in [3.05, 3.63) is 38.8 Å². The number of fused-ring (bicyclic) bond motifs is 1. The van der Waals surface area contributed by atoms with Gasteiger partial charge in [-0.3, -0.25) is 4.68 Å². The molecule has 1 N–H and O–H groups in total. The number of rotatable bonds is 3. The van der Waals surface area contributed by atoms with Crippen LogP contribution < -0.4 is 5.32 Å². The molecule has 108 valence electrons. The highest BCUT2D eigenvalue weighted by atomic mass is 127. The van der Waals surface area contributed by atoms with Gasteiger partial charge in [-0.15, -0.1) is 0 Å². The molecule has 7 heteroatoms. The fourth-order valence-electron chi connectivity index (χ4n) is 2.09. The maximum Gasteiger partial charge on any atom is 0.227 e. The van der Waals surface area contributed by atoms with E-state index < -0.39 is 0 Å². The normalized spacial score (nSPS) is 11.0. The third-order valence-corrected chi connectivity index (χ3v) is 4.80. The lowest BCUT2D eigenvalue weighted by atomic mass is 10.2. The fourth-order valence-corrected chi connectivity index (χ4v) is 2.72. The van der Waals surface area contributed by atoms with Gasteiger partial charge in [-0.2, -0.15) is 5.10 Å². The Morgan fingerprint density at radius 3 is 2.86 bits per heavy atom. The van der Waals surface area contributed by atoms with Crippen LogP contribution in [0.3, 0.4) is 0 Å². The van der Waals surface area contributed by atoms with E-state index in [0.717, 1.165) is 32.4 Å². The standard InChI is InChI=1S/C14H13ClIN5/c1-3-21-8(2)13(7-18-21)20-14-17-6-9-4-10(15)11(16)5-12(9)19-14/h4-7H,3H2,1-2H3,(H,17,19,20). The van der Waals surface area contributed by atoms with Gasteiger partial charge in [0.1, 0.15) is 0 Å². The first kappa shape index (κ1) is 14.5. The average molecular weight is 414 g/mol. The minimum atomic E-state index is 0.555. The van der Waals surface area contributed by atoms with Gasteiger partial charge in [-0.25, -0.2) is 9.97 Å². The smallest absolute Gasteiger partial charge is 0.227 e. The summed E-state index contributed by atoms with van der Waals surface area (Å²) < 4.78 is 2.90. The van der Waals surface area contributed by atoms with Crippen LogP contribution in [0.4, 0.5) is 11.6 Å². The second-order valence-corrected chi connectivity index (χ2v) is 6.17. The van der Waals surface area contributed by atoms with Crippen molar-refractivity contribution in [2.24, 2.45) is 0 Å². The third-order valence-electron chi connectivity index (χ3n) is 3.27. The molecule has 0 unspecified atom stereocenters. The van der Waals surface area contributed by atoms with Crippen LogP contribution in [-0.2, 0) is 6.54 Å². The predicted molar refractivity (Wildman–Crippen MR) is 93.2 cm³/mol. The van der Waals surface area contributed by atoms with Crippen LogP contribution in [0.25, 0.3) is 10.9 Å². The lowest BCUT2D eigenvalue weighted by molar-refractivity contribution is 0.640. The summed E-state index contributed by atoms with van der Waals surface area (Å²) in [6.07, 6.45) is 3.56. The van der Waals surface area contributed by atoms with Gasteiger partial charge < -0.3 is 5.32 Å². The average Bonchev–Trinajstić information content (AvgIpc) is 2.81. The van der Waals surface area contributed by atoms with E-state index in [-0.39, 0.29) is 0 Å². The number of benzene rings is 1. The monoisotopic (exact) mass is 413 g/mol. The Kier molecular flexibility index (Phi) is 3.99. The van der Waals surface area contributed by atoms with Gasteiger partial charge in [-0.05, 0) is 48.6 Å². The molecule has 1 aromatic carbocycles. The Labute approximate surface area is 140 Å². The minimum absolute atomic E-state index is 0.555. The van der Waals surface area contributed by atoms with Crippen LogP contribution in [0.5, 0.6) is 0 Å². The molecule has 0 saturated carbocycles. The van der Waals surface area contributed by atoms with Crippen LogP contribution in [0.2, 0.25) is 5.02 Å². The van der Waals surface area contributed by atoms with Crippen molar-refractivity contribution in [2.75, 3.05) is 5.32 Å². The van der Waals surface area contributed by atoms with Crippen LogP contribution in [0.1, 0.15) is 12.6 Å². The predicted octanol–water partition coefficient (Wildman–Crippen LogP) is 4.16. The van der Waals surface area contributed by atoms with Gasteiger partial charge in [0.15, 0.2) is 0 Å². The molecule has 0 saturated heterocycles. The Hall–Kier alpha value is -1.41. The molecule has 0 bridgehead atoms. The summed E-state index contributed by atoms with van der Waals surface area (Å²) in [4.78, 5) is 8.85. The highest BCUT2D eigenvalue weighted by molar-refractivity contribution is 14.1. The van der Waals surface area contributed by atoms with Gasteiger partial charge in [0.2, 0.25) is 5.95 Å². The maximum atomic E-state index is 6.11. The largest absolute Gasteiger partial charge is 0.321 e. The molecule has 0 spiro atoms. The topological polar surface area (TPSA) is 55.6 Å². The number of hydrogen-bond donors (Lipinski definition) is 1. The summed E-state index contributed by atoms with van der Waals surface area (Å²) in [6, 6.07) is 3.83. The lowest BCUT2D eigenvalue weighted by Gasteiger charge is -2.06. The first-order valence-corrected chi connectivity index (χ1v) is 7.95. The van der Waals surface area contributed by atoms with Crippen molar-refractivity contribution in [1.82, 2.24) is 19.7 Å². The van der Waals surface area contributed by atoms with Crippen molar-refractivity contribution in [3.8, 4) is 0 Å². The molecule has 0 amide bonds. The van der Waals surface area contributed by atoms with E-state index >= 15 is 0 Å². The number of nitrogens with zero attached hydrogens (tertiary/aromatic N) is 4. The number of anilines is 2. The van der Waals surface area contributed by atoms with Gasteiger partial charge in [0, 0.05) is 21.7 Å². The molecule has 5 nitrogen and oxygen atoms in total. The molecule has 0 radical (unpaired) electrons. The molecule has 0 aliphatic rings. The van der Waals surface area contributed by atoms with Crippen molar-refractivity contribution < 1.29 is 0 Å². The summed E-state index contributed by atoms with van der Waals surface area (Å²) in [5, 5.41) is 9.15. The number of aryl methyl sites for hydroxylation is 1. The van der Waals surface area contributed by atoms with Gasteiger partial charge in [-0.1, -0.05) is 11.6 Å². The molecule has 3 aromatic rings. The van der Waals surface area contributed by atoms with E-state index in [0.29, 0.717) is 11.0 Å². The first-order chi connectivity index (χ1) is 10.1. The zero-order chi connectivity index (χ0) is 15.0. The molecule has 3 rings (SSSR count). The Balaban J connectivity index is 1.97. The van der Waals surface area contributed by atoms with E-state index in [1.54, 1.807) is 12.4 Å². The summed E-state index contributed by atoms with van der Waals surface area (Å²) >= 11 is 8.30. The first-order valence-electron chi connectivity index (χ1n) is 6.49. The molecule has 0 atom stereocenters.